The molecule has 1 aliphatic heterocycles. The number of carbonyl (C=O) groups is 2. The molecule has 5 nitrogen and oxygen atoms in total. The molecule has 0 saturated carbocycles. The summed E-state index contributed by atoms with van der Waals surface area (Å²) in [6.07, 6.45) is 1.26. The van der Waals surface area contributed by atoms with Gasteiger partial charge in [-0.1, -0.05) is 0 Å². The van der Waals surface area contributed by atoms with Gasteiger partial charge in [0, 0.05) is 32.0 Å². The van der Waals surface area contributed by atoms with Crippen LogP contribution < -0.4 is 0 Å². The van der Waals surface area contributed by atoms with Gasteiger partial charge in [0.15, 0.2) is 0 Å². The molecular weight excluding hydrogens is 234 g/mol. The van der Waals surface area contributed by atoms with Crippen LogP contribution in [0, 0.1) is 5.92 Å². The molecule has 1 unspecified atom stereocenters. The third kappa shape index (κ3) is 4.64. The molecule has 1 fully saturated rings. The Morgan fingerprint density at radius 1 is 1.50 bits per heavy atom. The average Bonchev–Trinajstić information content (AvgIpc) is 2.25. The predicted octanol–water partition coefficient (Wildman–Crippen LogP) is 1.58. The van der Waals surface area contributed by atoms with E-state index in [4.69, 9.17) is 9.84 Å². The fourth-order valence-electron chi connectivity index (χ4n) is 1.99. The van der Waals surface area contributed by atoms with E-state index < -0.39 is 5.60 Å². The molecule has 1 heterocycles. The minimum atomic E-state index is -0.515. The zero-order valence-electron chi connectivity index (χ0n) is 11.4. The number of likely N-dealkylation sites (tertiary alicyclic amines) is 1. The largest absolute Gasteiger partial charge is 0.444 e. The van der Waals surface area contributed by atoms with Crippen LogP contribution in [0.15, 0.2) is 0 Å². The molecule has 1 atom stereocenters. The molecule has 1 N–H and O–H groups in total. The summed E-state index contributed by atoms with van der Waals surface area (Å²) in [5.74, 6) is 0.0293. The van der Waals surface area contributed by atoms with Gasteiger partial charge >= 0.3 is 6.09 Å². The van der Waals surface area contributed by atoms with Gasteiger partial charge in [-0.15, -0.1) is 0 Å². The van der Waals surface area contributed by atoms with Crippen molar-refractivity contribution in [3.63, 3.8) is 0 Å². The van der Waals surface area contributed by atoms with Gasteiger partial charge in [-0.05, 0) is 33.6 Å². The van der Waals surface area contributed by atoms with Crippen molar-refractivity contribution in [1.29, 1.82) is 0 Å². The number of Topliss-reactive ketones (excluding diaryl/α,β-unsaturated/α-hetero) is 1. The van der Waals surface area contributed by atoms with Crippen molar-refractivity contribution in [3.05, 3.63) is 0 Å². The molecule has 0 bridgehead atoms. The second kappa shape index (κ2) is 6.18. The Morgan fingerprint density at radius 2 is 2.17 bits per heavy atom. The molecule has 0 aromatic carbocycles. The van der Waals surface area contributed by atoms with E-state index in [1.54, 1.807) is 4.90 Å². The van der Waals surface area contributed by atoms with Gasteiger partial charge in [-0.2, -0.15) is 0 Å². The minimum Gasteiger partial charge on any atom is -0.444 e. The number of aliphatic hydroxyl groups is 1. The number of amides is 1. The third-order valence-electron chi connectivity index (χ3n) is 2.89. The summed E-state index contributed by atoms with van der Waals surface area (Å²) < 4.78 is 5.29. The highest BCUT2D eigenvalue weighted by Crippen LogP contribution is 2.20. The van der Waals surface area contributed by atoms with Crippen LogP contribution in [0.3, 0.4) is 0 Å². The van der Waals surface area contributed by atoms with Gasteiger partial charge in [0.2, 0.25) is 0 Å². The fraction of sp³-hybridized carbons (Fsp3) is 0.846. The van der Waals surface area contributed by atoms with E-state index in [-0.39, 0.29) is 24.4 Å². The molecule has 1 rings (SSSR count). The van der Waals surface area contributed by atoms with Gasteiger partial charge in [0.1, 0.15) is 11.4 Å². The molecule has 0 spiro atoms. The quantitative estimate of drug-likeness (QED) is 0.833. The van der Waals surface area contributed by atoms with Crippen molar-refractivity contribution in [1.82, 2.24) is 4.90 Å². The van der Waals surface area contributed by atoms with Crippen LogP contribution >= 0.6 is 0 Å². The van der Waals surface area contributed by atoms with Crippen molar-refractivity contribution in [3.8, 4) is 0 Å². The van der Waals surface area contributed by atoms with Gasteiger partial charge in [0.05, 0.1) is 0 Å². The maximum atomic E-state index is 11.9. The first kappa shape index (κ1) is 15.0. The number of hydrogen-bond acceptors (Lipinski definition) is 4. The third-order valence-corrected chi connectivity index (χ3v) is 2.89. The highest BCUT2D eigenvalue weighted by atomic mass is 16.6. The number of nitrogens with zero attached hydrogens (tertiary/aromatic N) is 1. The van der Waals surface area contributed by atoms with E-state index in [1.165, 1.54) is 0 Å². The Kier molecular flexibility index (Phi) is 5.14. The smallest absolute Gasteiger partial charge is 0.410 e. The van der Waals surface area contributed by atoms with E-state index >= 15 is 0 Å². The molecular formula is C13H23NO4. The number of carbonyl (C=O) groups excluding carboxylic acids is 2. The maximum Gasteiger partial charge on any atom is 0.410 e. The summed E-state index contributed by atoms with van der Waals surface area (Å²) in [4.78, 5) is 25.2. The number of ether oxygens (including phenoxy) is 1. The zero-order chi connectivity index (χ0) is 13.8. The van der Waals surface area contributed by atoms with Crippen molar-refractivity contribution in [2.24, 2.45) is 5.92 Å². The SMILES string of the molecule is CC(C)(C)OC(=O)N1CCC(=O)C(CCCO)C1. The van der Waals surface area contributed by atoms with Gasteiger partial charge in [-0.25, -0.2) is 4.79 Å². The highest BCUT2D eigenvalue weighted by molar-refractivity contribution is 5.84. The number of ketones is 1. The Bertz CT molecular complexity index is 309. The lowest BCUT2D eigenvalue weighted by Crippen LogP contribution is -2.46. The van der Waals surface area contributed by atoms with E-state index in [1.807, 2.05) is 20.8 Å². The van der Waals surface area contributed by atoms with E-state index in [2.05, 4.69) is 0 Å². The second-order valence-corrected chi connectivity index (χ2v) is 5.71. The first-order chi connectivity index (χ1) is 8.33. The number of aliphatic hydroxyl groups excluding tert-OH is 1. The molecule has 0 aromatic heterocycles. The Labute approximate surface area is 108 Å². The lowest BCUT2D eigenvalue weighted by Gasteiger charge is -2.33. The van der Waals surface area contributed by atoms with Crippen molar-refractivity contribution < 1.29 is 19.4 Å². The topological polar surface area (TPSA) is 66.8 Å². The van der Waals surface area contributed by atoms with Crippen LogP contribution in [0.4, 0.5) is 4.79 Å². The molecule has 1 aliphatic rings. The van der Waals surface area contributed by atoms with Gasteiger partial charge in [0.25, 0.3) is 0 Å². The monoisotopic (exact) mass is 257 g/mol. The summed E-state index contributed by atoms with van der Waals surface area (Å²) in [6, 6.07) is 0. The van der Waals surface area contributed by atoms with Crippen LogP contribution in [-0.4, -0.2) is 47.2 Å². The summed E-state index contributed by atoms with van der Waals surface area (Å²) in [5.41, 5.74) is -0.515. The Balaban J connectivity index is 2.53. The summed E-state index contributed by atoms with van der Waals surface area (Å²) in [5, 5.41) is 8.79. The fourth-order valence-corrected chi connectivity index (χ4v) is 1.99. The molecule has 1 amide bonds. The van der Waals surface area contributed by atoms with Crippen LogP contribution in [0.25, 0.3) is 0 Å². The van der Waals surface area contributed by atoms with E-state index in [0.29, 0.717) is 32.4 Å². The molecule has 0 aliphatic carbocycles. The minimum absolute atomic E-state index is 0.0796. The van der Waals surface area contributed by atoms with Crippen LogP contribution in [0.2, 0.25) is 0 Å². The molecule has 18 heavy (non-hydrogen) atoms. The first-order valence-corrected chi connectivity index (χ1v) is 6.45. The van der Waals surface area contributed by atoms with Gasteiger partial charge < -0.3 is 14.7 Å². The average molecular weight is 257 g/mol. The van der Waals surface area contributed by atoms with Crippen LogP contribution in [0.1, 0.15) is 40.0 Å². The van der Waals surface area contributed by atoms with Gasteiger partial charge in [-0.3, -0.25) is 4.79 Å². The van der Waals surface area contributed by atoms with E-state index in [0.717, 1.165) is 0 Å². The predicted molar refractivity (Wildman–Crippen MR) is 67.2 cm³/mol. The Morgan fingerprint density at radius 3 is 2.72 bits per heavy atom. The highest BCUT2D eigenvalue weighted by Gasteiger charge is 2.31. The van der Waals surface area contributed by atoms with Crippen LogP contribution in [0.5, 0.6) is 0 Å². The maximum absolute atomic E-state index is 11.9. The second-order valence-electron chi connectivity index (χ2n) is 5.71. The number of hydrogen-bond donors (Lipinski definition) is 1. The van der Waals surface area contributed by atoms with Crippen LogP contribution in [-0.2, 0) is 9.53 Å². The molecule has 0 aromatic rings. The molecule has 104 valence electrons. The summed E-state index contributed by atoms with van der Waals surface area (Å²) in [6.45, 7) is 6.39. The van der Waals surface area contributed by atoms with E-state index in [9.17, 15) is 9.59 Å². The standard InChI is InChI=1S/C13H23NO4/c1-13(2,3)18-12(17)14-7-6-11(16)10(9-14)5-4-8-15/h10,15H,4-9H2,1-3H3. The lowest BCUT2D eigenvalue weighted by molar-refractivity contribution is -0.126. The number of piperidine rings is 1. The molecule has 1 saturated heterocycles. The summed E-state index contributed by atoms with van der Waals surface area (Å²) >= 11 is 0. The van der Waals surface area contributed by atoms with Crippen molar-refractivity contribution >= 4 is 11.9 Å². The molecule has 5 heteroatoms. The normalized spacial score (nSPS) is 21.0. The first-order valence-electron chi connectivity index (χ1n) is 6.45. The zero-order valence-corrected chi connectivity index (χ0v) is 11.4. The lowest BCUT2D eigenvalue weighted by atomic mass is 9.92. The molecule has 0 radical (unpaired) electrons. The number of rotatable bonds is 3. The van der Waals surface area contributed by atoms with Crippen molar-refractivity contribution in [2.75, 3.05) is 19.7 Å². The Hall–Kier alpha value is -1.10. The summed E-state index contributed by atoms with van der Waals surface area (Å²) in [7, 11) is 0. The van der Waals surface area contributed by atoms with Crippen molar-refractivity contribution in [2.45, 2.75) is 45.6 Å².